The molecule has 0 bridgehead atoms. The minimum absolute atomic E-state index is 0.0212. The molecule has 0 aromatic carbocycles. The number of hydrogen-bond acceptors (Lipinski definition) is 4. The lowest BCUT2D eigenvalue weighted by atomic mass is 9.53. The number of fused-ring (bicyclic) bond motifs is 2. The molecular formula is C20H28O4. The monoisotopic (exact) mass is 332 g/mol. The average molecular weight is 332 g/mol. The van der Waals surface area contributed by atoms with Crippen LogP contribution in [0.4, 0.5) is 0 Å². The van der Waals surface area contributed by atoms with E-state index < -0.39 is 0 Å². The molecule has 0 aromatic rings. The lowest BCUT2D eigenvalue weighted by molar-refractivity contribution is -0.160. The van der Waals surface area contributed by atoms with Gasteiger partial charge in [-0.3, -0.25) is 0 Å². The van der Waals surface area contributed by atoms with Crippen molar-refractivity contribution in [3.8, 4) is 0 Å². The van der Waals surface area contributed by atoms with Gasteiger partial charge in [-0.1, -0.05) is 19.9 Å². The molecule has 0 N–H and O–H groups in total. The summed E-state index contributed by atoms with van der Waals surface area (Å²) in [6.45, 7) is 10.0. The maximum Gasteiger partial charge on any atom is 0.334 e. The Morgan fingerprint density at radius 3 is 2.75 bits per heavy atom. The van der Waals surface area contributed by atoms with E-state index >= 15 is 0 Å². The number of rotatable bonds is 2. The third-order valence-electron chi connectivity index (χ3n) is 6.84. The van der Waals surface area contributed by atoms with Crippen LogP contribution in [0, 0.1) is 17.3 Å². The predicted molar refractivity (Wildman–Crippen MR) is 91.1 cm³/mol. The second-order valence-corrected chi connectivity index (χ2v) is 7.94. The highest BCUT2D eigenvalue weighted by Gasteiger charge is 2.53. The third-order valence-corrected chi connectivity index (χ3v) is 6.84. The van der Waals surface area contributed by atoms with Gasteiger partial charge < -0.3 is 9.47 Å². The molecule has 4 heteroatoms. The highest BCUT2D eigenvalue weighted by molar-refractivity contribution is 5.91. The van der Waals surface area contributed by atoms with Crippen LogP contribution in [0.3, 0.4) is 0 Å². The SMILES string of the molecule is C/C=C(\C)C(=O)O[C@H]1CC[C@@H]2C[C@H]3OC(=O)C(C)=C3C[C@]2(C)[C@H]1C. The van der Waals surface area contributed by atoms with E-state index in [0.717, 1.165) is 31.3 Å². The van der Waals surface area contributed by atoms with Crippen molar-refractivity contribution in [1.82, 2.24) is 0 Å². The molecule has 132 valence electrons. The van der Waals surface area contributed by atoms with Gasteiger partial charge in [0.05, 0.1) is 0 Å². The summed E-state index contributed by atoms with van der Waals surface area (Å²) >= 11 is 0. The predicted octanol–water partition coefficient (Wildman–Crippen LogP) is 3.95. The van der Waals surface area contributed by atoms with Crippen LogP contribution in [-0.2, 0) is 19.1 Å². The van der Waals surface area contributed by atoms with Crippen LogP contribution in [0.15, 0.2) is 22.8 Å². The number of carbonyl (C=O) groups excluding carboxylic acids is 2. The lowest BCUT2D eigenvalue weighted by Gasteiger charge is -2.53. The summed E-state index contributed by atoms with van der Waals surface area (Å²) in [4.78, 5) is 24.1. The normalized spacial score (nSPS) is 39.2. The van der Waals surface area contributed by atoms with Crippen molar-refractivity contribution in [3.63, 3.8) is 0 Å². The molecule has 2 saturated carbocycles. The van der Waals surface area contributed by atoms with Crippen molar-refractivity contribution < 1.29 is 19.1 Å². The van der Waals surface area contributed by atoms with E-state index in [9.17, 15) is 9.59 Å². The van der Waals surface area contributed by atoms with Gasteiger partial charge in [0.1, 0.15) is 12.2 Å². The van der Waals surface area contributed by atoms with Gasteiger partial charge in [0.15, 0.2) is 0 Å². The number of allylic oxidation sites excluding steroid dienone is 1. The quantitative estimate of drug-likeness (QED) is 0.567. The Bertz CT molecular complexity index is 630. The molecule has 0 amide bonds. The first-order valence-electron chi connectivity index (χ1n) is 9.02. The van der Waals surface area contributed by atoms with Gasteiger partial charge in [-0.2, -0.15) is 0 Å². The van der Waals surface area contributed by atoms with E-state index in [-0.39, 0.29) is 35.5 Å². The summed E-state index contributed by atoms with van der Waals surface area (Å²) in [6, 6.07) is 0. The largest absolute Gasteiger partial charge is 0.459 e. The first-order valence-corrected chi connectivity index (χ1v) is 9.02. The van der Waals surface area contributed by atoms with Crippen LogP contribution in [0.5, 0.6) is 0 Å². The molecule has 1 heterocycles. The Labute approximate surface area is 144 Å². The summed E-state index contributed by atoms with van der Waals surface area (Å²) in [6.07, 6.45) is 5.42. The molecule has 1 aliphatic heterocycles. The molecule has 0 radical (unpaired) electrons. The van der Waals surface area contributed by atoms with Crippen molar-refractivity contribution in [2.75, 3.05) is 0 Å². The topological polar surface area (TPSA) is 52.6 Å². The van der Waals surface area contributed by atoms with Gasteiger partial charge >= 0.3 is 11.9 Å². The van der Waals surface area contributed by atoms with Gasteiger partial charge in [-0.05, 0) is 69.3 Å². The van der Waals surface area contributed by atoms with Crippen LogP contribution in [0.2, 0.25) is 0 Å². The molecule has 3 aliphatic rings. The first kappa shape index (κ1) is 17.2. The molecule has 0 unspecified atom stereocenters. The fraction of sp³-hybridized carbons (Fsp3) is 0.700. The Hall–Kier alpha value is -1.58. The number of carbonyl (C=O) groups is 2. The minimum atomic E-state index is -0.208. The van der Waals surface area contributed by atoms with E-state index in [2.05, 4.69) is 13.8 Å². The molecule has 5 atom stereocenters. The maximum absolute atomic E-state index is 12.2. The summed E-state index contributed by atoms with van der Waals surface area (Å²) in [5.74, 6) is 0.413. The third kappa shape index (κ3) is 2.60. The van der Waals surface area contributed by atoms with Crippen LogP contribution in [-0.4, -0.2) is 24.1 Å². The van der Waals surface area contributed by atoms with E-state index in [1.54, 1.807) is 13.0 Å². The highest BCUT2D eigenvalue weighted by atomic mass is 16.6. The van der Waals surface area contributed by atoms with Crippen molar-refractivity contribution in [2.24, 2.45) is 17.3 Å². The van der Waals surface area contributed by atoms with Gasteiger partial charge in [-0.25, -0.2) is 9.59 Å². The van der Waals surface area contributed by atoms with Crippen LogP contribution in [0.1, 0.15) is 60.3 Å². The van der Waals surface area contributed by atoms with Crippen molar-refractivity contribution in [2.45, 2.75) is 72.5 Å². The second kappa shape index (κ2) is 6.05. The number of hydrogen-bond donors (Lipinski definition) is 0. The van der Waals surface area contributed by atoms with E-state index in [0.29, 0.717) is 11.5 Å². The highest BCUT2D eigenvalue weighted by Crippen LogP contribution is 2.57. The fourth-order valence-corrected chi connectivity index (χ4v) is 4.71. The molecule has 0 aromatic heterocycles. The lowest BCUT2D eigenvalue weighted by Crippen LogP contribution is -2.50. The zero-order chi connectivity index (χ0) is 17.6. The number of esters is 2. The Balaban J connectivity index is 1.81. The average Bonchev–Trinajstić information content (AvgIpc) is 2.82. The van der Waals surface area contributed by atoms with Crippen LogP contribution >= 0.6 is 0 Å². The van der Waals surface area contributed by atoms with Gasteiger partial charge in [0, 0.05) is 11.1 Å². The Morgan fingerprint density at radius 2 is 2.08 bits per heavy atom. The van der Waals surface area contributed by atoms with Gasteiger partial charge in [0.2, 0.25) is 0 Å². The Kier molecular flexibility index (Phi) is 4.35. The molecule has 0 saturated heterocycles. The smallest absolute Gasteiger partial charge is 0.334 e. The fourth-order valence-electron chi connectivity index (χ4n) is 4.71. The van der Waals surface area contributed by atoms with Crippen molar-refractivity contribution in [1.29, 1.82) is 0 Å². The summed E-state index contributed by atoms with van der Waals surface area (Å²) < 4.78 is 11.3. The summed E-state index contributed by atoms with van der Waals surface area (Å²) in [5, 5.41) is 0. The van der Waals surface area contributed by atoms with Crippen LogP contribution < -0.4 is 0 Å². The second-order valence-electron chi connectivity index (χ2n) is 7.94. The van der Waals surface area contributed by atoms with Crippen molar-refractivity contribution in [3.05, 3.63) is 22.8 Å². The molecule has 24 heavy (non-hydrogen) atoms. The molecule has 2 fully saturated rings. The molecule has 0 spiro atoms. The molecular weight excluding hydrogens is 304 g/mol. The standard InChI is InChI=1S/C20H28O4/c1-6-11(2)18(21)23-16-8-7-14-9-17-15(12(3)19(22)24-17)10-20(14,5)13(16)4/h6,13-14,16-17H,7-10H2,1-5H3/b11-6+/t13-,14+,16-,17+,20+/m0/s1. The van der Waals surface area contributed by atoms with E-state index in [1.165, 1.54) is 5.57 Å². The number of ether oxygens (including phenoxy) is 2. The molecule has 4 nitrogen and oxygen atoms in total. The summed E-state index contributed by atoms with van der Waals surface area (Å²) in [5.41, 5.74) is 2.66. The van der Waals surface area contributed by atoms with E-state index in [4.69, 9.17) is 9.47 Å². The van der Waals surface area contributed by atoms with Gasteiger partial charge in [-0.15, -0.1) is 0 Å². The molecule has 2 aliphatic carbocycles. The zero-order valence-electron chi connectivity index (χ0n) is 15.3. The molecule has 3 rings (SSSR count). The zero-order valence-corrected chi connectivity index (χ0v) is 15.3. The minimum Gasteiger partial charge on any atom is -0.459 e. The van der Waals surface area contributed by atoms with Crippen molar-refractivity contribution >= 4 is 11.9 Å². The van der Waals surface area contributed by atoms with Gasteiger partial charge in [0.25, 0.3) is 0 Å². The summed E-state index contributed by atoms with van der Waals surface area (Å²) in [7, 11) is 0. The van der Waals surface area contributed by atoms with E-state index in [1.807, 2.05) is 13.8 Å². The maximum atomic E-state index is 12.2. The Morgan fingerprint density at radius 1 is 1.38 bits per heavy atom. The van der Waals surface area contributed by atoms with Crippen LogP contribution in [0.25, 0.3) is 0 Å². The first-order chi connectivity index (χ1) is 11.3.